The number of aryl methyl sites for hydroxylation is 2. The van der Waals surface area contributed by atoms with Crippen LogP contribution in [0, 0.1) is 31.6 Å². The molecule has 1 spiro atoms. The zero-order chi connectivity index (χ0) is 46.1. The van der Waals surface area contributed by atoms with Gasteiger partial charge < -0.3 is 18.9 Å². The second-order valence-electron chi connectivity index (χ2n) is 19.6. The number of fused-ring (bicyclic) bond motifs is 7. The van der Waals surface area contributed by atoms with Gasteiger partial charge >= 0.3 is 0 Å². The lowest BCUT2D eigenvalue weighted by atomic mass is 9.70. The van der Waals surface area contributed by atoms with Gasteiger partial charge in [0.2, 0.25) is 0 Å². The van der Waals surface area contributed by atoms with Crippen molar-refractivity contribution in [3.63, 3.8) is 0 Å². The number of ether oxygens (including phenoxy) is 4. The lowest BCUT2D eigenvalue weighted by Crippen LogP contribution is -2.26. The van der Waals surface area contributed by atoms with E-state index in [4.69, 9.17) is 18.9 Å². The highest BCUT2D eigenvalue weighted by Gasteiger charge is 2.53. The van der Waals surface area contributed by atoms with Crippen LogP contribution in [0.25, 0.3) is 46.6 Å². The summed E-state index contributed by atoms with van der Waals surface area (Å²) in [5, 5.41) is 0. The molecule has 3 aliphatic rings. The standard InChI is InChI=1S/C62H68O4/c1-10-39(5)35-63-58-31-52-53-32-59(64-36-40(6)11-2)61-34-57(53)62(56(52)33-60(58)65-37-41(7)12-3)54-29-45(20-19-44-17-14-42(8)15-18-44)22-26-49(54)50-27-23-46(30-55(50)62)21-25-48-24-16-43(9)28-51(48)47(13-4)38-66-61/h14-34,39-41,47H,10-13,35-38H2,1-9H3/b20-19+,25-21+. The van der Waals surface area contributed by atoms with Gasteiger partial charge in [0.15, 0.2) is 23.0 Å². The molecule has 0 saturated heterocycles. The molecule has 6 aromatic carbocycles. The van der Waals surface area contributed by atoms with E-state index < -0.39 is 5.41 Å². The van der Waals surface area contributed by atoms with Crippen LogP contribution in [0.1, 0.15) is 141 Å². The highest BCUT2D eigenvalue weighted by atomic mass is 16.5. The maximum atomic E-state index is 7.18. The molecule has 1 heterocycles. The summed E-state index contributed by atoms with van der Waals surface area (Å²) in [6.45, 7) is 22.4. The van der Waals surface area contributed by atoms with Crippen molar-refractivity contribution in [1.29, 1.82) is 0 Å². The summed E-state index contributed by atoms with van der Waals surface area (Å²) < 4.78 is 27.8. The topological polar surface area (TPSA) is 36.9 Å². The molecule has 4 nitrogen and oxygen atoms in total. The van der Waals surface area contributed by atoms with Gasteiger partial charge in [0.1, 0.15) is 0 Å². The van der Waals surface area contributed by atoms with Gasteiger partial charge in [0.05, 0.1) is 31.8 Å². The Kier molecular flexibility index (Phi) is 13.1. The molecular formula is C62H68O4. The second kappa shape index (κ2) is 19.1. The van der Waals surface area contributed by atoms with Crippen molar-refractivity contribution >= 4 is 24.3 Å². The van der Waals surface area contributed by atoms with Crippen molar-refractivity contribution in [3.8, 4) is 45.3 Å². The number of hydrogen-bond donors (Lipinski definition) is 0. The first-order valence-corrected chi connectivity index (χ1v) is 24.8. The molecule has 4 heteroatoms. The fraction of sp³-hybridized carbons (Fsp3) is 0.355. The van der Waals surface area contributed by atoms with Gasteiger partial charge in [-0.1, -0.05) is 170 Å². The van der Waals surface area contributed by atoms with E-state index in [9.17, 15) is 0 Å². The maximum Gasteiger partial charge on any atom is 0.161 e. The molecule has 340 valence electrons. The fourth-order valence-electron chi connectivity index (χ4n) is 9.85. The molecule has 1 aliphatic heterocycles. The van der Waals surface area contributed by atoms with Gasteiger partial charge in [-0.3, -0.25) is 0 Å². The summed E-state index contributed by atoms with van der Waals surface area (Å²) in [5.74, 6) is 4.50. The van der Waals surface area contributed by atoms with E-state index in [1.54, 1.807) is 0 Å². The molecule has 6 aromatic rings. The molecule has 0 fully saturated rings. The minimum Gasteiger partial charge on any atom is -0.489 e. The van der Waals surface area contributed by atoms with E-state index in [2.05, 4.69) is 190 Å². The number of benzene rings is 6. The highest BCUT2D eigenvalue weighted by Crippen LogP contribution is 2.65. The quantitative estimate of drug-likeness (QED) is 0.0962. The summed E-state index contributed by atoms with van der Waals surface area (Å²) in [7, 11) is 0. The molecule has 0 N–H and O–H groups in total. The van der Waals surface area contributed by atoms with Crippen LogP contribution in [-0.2, 0) is 5.41 Å². The molecule has 0 aromatic heterocycles. The lowest BCUT2D eigenvalue weighted by molar-refractivity contribution is 0.217. The second-order valence-corrected chi connectivity index (χ2v) is 19.6. The lowest BCUT2D eigenvalue weighted by Gasteiger charge is -2.32. The largest absolute Gasteiger partial charge is 0.489 e. The summed E-state index contributed by atoms with van der Waals surface area (Å²) in [6.07, 6.45) is 13.1. The predicted octanol–water partition coefficient (Wildman–Crippen LogP) is 16.1. The van der Waals surface area contributed by atoms with Crippen molar-refractivity contribution < 1.29 is 18.9 Å². The SMILES string of the molecule is CCC(C)COc1cc2c(cc1OCC(C)CC)C13c4cc(/C=C/c5ccc(C)cc5)ccc4-c4ccc(cc41)/C=C/c1ccc(C)cc1C(CC)COc1cc3c-2cc1OCC(C)CC. The Morgan fingerprint density at radius 1 is 0.545 bits per heavy atom. The monoisotopic (exact) mass is 877 g/mol. The van der Waals surface area contributed by atoms with E-state index in [0.717, 1.165) is 65.4 Å². The van der Waals surface area contributed by atoms with Crippen molar-refractivity contribution in [2.45, 2.75) is 99.3 Å². The zero-order valence-corrected chi connectivity index (χ0v) is 40.7. The molecular weight excluding hydrogens is 809 g/mol. The third kappa shape index (κ3) is 8.49. The molecule has 0 amide bonds. The first-order chi connectivity index (χ1) is 32.0. The molecule has 66 heavy (non-hydrogen) atoms. The zero-order valence-electron chi connectivity index (χ0n) is 40.7. The molecule has 4 bridgehead atoms. The van der Waals surface area contributed by atoms with Crippen LogP contribution < -0.4 is 18.9 Å². The Bertz CT molecular complexity index is 2790. The van der Waals surface area contributed by atoms with Crippen molar-refractivity contribution in [3.05, 3.63) is 164 Å². The van der Waals surface area contributed by atoms with Crippen LogP contribution in [0.3, 0.4) is 0 Å². The van der Waals surface area contributed by atoms with Crippen LogP contribution in [0.4, 0.5) is 0 Å². The van der Waals surface area contributed by atoms with E-state index in [-0.39, 0.29) is 5.92 Å². The van der Waals surface area contributed by atoms with Gasteiger partial charge in [0, 0.05) is 5.92 Å². The molecule has 9 rings (SSSR count). The average Bonchev–Trinajstić information content (AvgIpc) is 3.77. The minimum atomic E-state index is -0.701. The van der Waals surface area contributed by atoms with Crippen LogP contribution in [0.5, 0.6) is 23.0 Å². The minimum absolute atomic E-state index is 0.178. The average molecular weight is 877 g/mol. The Hall–Kier alpha value is -6.00. The van der Waals surface area contributed by atoms with Gasteiger partial charge in [-0.25, -0.2) is 0 Å². The van der Waals surface area contributed by atoms with Crippen molar-refractivity contribution in [2.24, 2.45) is 17.8 Å². The first kappa shape index (κ1) is 45.2. The third-order valence-corrected chi connectivity index (χ3v) is 14.7. The van der Waals surface area contributed by atoms with E-state index in [1.165, 1.54) is 66.8 Å². The smallest absolute Gasteiger partial charge is 0.161 e. The molecule has 5 atom stereocenters. The summed E-state index contributed by atoms with van der Waals surface area (Å²) in [5.41, 5.74) is 17.5. The van der Waals surface area contributed by atoms with Crippen LogP contribution >= 0.6 is 0 Å². The fourth-order valence-corrected chi connectivity index (χ4v) is 9.85. The van der Waals surface area contributed by atoms with Gasteiger partial charge in [-0.2, -0.15) is 0 Å². The van der Waals surface area contributed by atoms with Crippen LogP contribution in [0.2, 0.25) is 0 Å². The predicted molar refractivity (Wildman–Crippen MR) is 276 cm³/mol. The molecule has 5 unspecified atom stereocenters. The summed E-state index contributed by atoms with van der Waals surface area (Å²) in [4.78, 5) is 0. The molecule has 0 radical (unpaired) electrons. The Morgan fingerprint density at radius 3 is 1.76 bits per heavy atom. The third-order valence-electron chi connectivity index (χ3n) is 14.7. The van der Waals surface area contributed by atoms with Crippen molar-refractivity contribution in [1.82, 2.24) is 0 Å². The maximum absolute atomic E-state index is 7.18. The van der Waals surface area contributed by atoms with Gasteiger partial charge in [0.25, 0.3) is 0 Å². The highest BCUT2D eigenvalue weighted by molar-refractivity contribution is 5.97. The van der Waals surface area contributed by atoms with E-state index in [0.29, 0.717) is 44.2 Å². The summed E-state index contributed by atoms with van der Waals surface area (Å²) in [6, 6.07) is 39.0. The van der Waals surface area contributed by atoms with Gasteiger partial charge in [-0.05, 0) is 147 Å². The van der Waals surface area contributed by atoms with Crippen LogP contribution in [0.15, 0.2) is 103 Å². The van der Waals surface area contributed by atoms with E-state index in [1.807, 2.05) is 0 Å². The van der Waals surface area contributed by atoms with E-state index >= 15 is 0 Å². The Balaban J connectivity index is 1.35. The van der Waals surface area contributed by atoms with Crippen molar-refractivity contribution in [2.75, 3.05) is 26.4 Å². The summed E-state index contributed by atoms with van der Waals surface area (Å²) >= 11 is 0. The number of hydrogen-bond acceptors (Lipinski definition) is 4. The normalized spacial score (nSPS) is 18.3. The molecule has 2 aliphatic carbocycles. The Morgan fingerprint density at radius 2 is 1.09 bits per heavy atom. The molecule has 0 saturated carbocycles. The Labute approximate surface area is 394 Å². The first-order valence-electron chi connectivity index (χ1n) is 24.8. The van der Waals surface area contributed by atoms with Gasteiger partial charge in [-0.15, -0.1) is 0 Å². The van der Waals surface area contributed by atoms with Crippen LogP contribution in [-0.4, -0.2) is 26.4 Å². The number of rotatable bonds is 15.